The van der Waals surface area contributed by atoms with Crippen molar-refractivity contribution in [3.8, 4) is 0 Å². The molecule has 0 saturated heterocycles. The largest absolute Gasteiger partial charge is 0.395 e. The normalized spacial score (nSPS) is 12.7. The van der Waals surface area contributed by atoms with Crippen molar-refractivity contribution in [3.63, 3.8) is 0 Å². The van der Waals surface area contributed by atoms with Gasteiger partial charge in [-0.05, 0) is 38.6 Å². The highest BCUT2D eigenvalue weighted by atomic mass is 32.2. The summed E-state index contributed by atoms with van der Waals surface area (Å²) in [5.74, 6) is 1.55. The SMILES string of the molecule is CCO[Si](C)(CCCSCC(C)(C)C(N)=O)OCC. The second-order valence-corrected chi connectivity index (χ2v) is 9.85. The van der Waals surface area contributed by atoms with E-state index in [4.69, 9.17) is 14.6 Å². The van der Waals surface area contributed by atoms with Crippen molar-refractivity contribution in [3.05, 3.63) is 0 Å². The Morgan fingerprint density at radius 1 is 1.26 bits per heavy atom. The van der Waals surface area contributed by atoms with Crippen LogP contribution in [0.25, 0.3) is 0 Å². The van der Waals surface area contributed by atoms with Crippen LogP contribution in [0.15, 0.2) is 0 Å². The van der Waals surface area contributed by atoms with Gasteiger partial charge in [0.15, 0.2) is 0 Å². The molecule has 0 radical (unpaired) electrons. The van der Waals surface area contributed by atoms with Crippen LogP contribution in [0.5, 0.6) is 0 Å². The molecule has 0 unspecified atom stereocenters. The van der Waals surface area contributed by atoms with Crippen LogP contribution in [0.1, 0.15) is 34.1 Å². The molecule has 0 heterocycles. The maximum absolute atomic E-state index is 11.2. The van der Waals surface area contributed by atoms with Crippen LogP contribution in [0.3, 0.4) is 0 Å². The number of carbonyl (C=O) groups excluding carboxylic acids is 1. The first kappa shape index (κ1) is 19.0. The van der Waals surface area contributed by atoms with Gasteiger partial charge in [-0.1, -0.05) is 13.8 Å². The zero-order chi connectivity index (χ0) is 14.9. The van der Waals surface area contributed by atoms with Crippen molar-refractivity contribution >= 4 is 26.2 Å². The minimum atomic E-state index is -1.97. The van der Waals surface area contributed by atoms with Crippen molar-refractivity contribution in [2.24, 2.45) is 11.1 Å². The van der Waals surface area contributed by atoms with Gasteiger partial charge < -0.3 is 14.6 Å². The molecule has 0 bridgehead atoms. The summed E-state index contributed by atoms with van der Waals surface area (Å²) in [4.78, 5) is 11.2. The molecule has 0 atom stereocenters. The summed E-state index contributed by atoms with van der Waals surface area (Å²) in [6, 6.07) is 0.999. The summed E-state index contributed by atoms with van der Waals surface area (Å²) >= 11 is 1.78. The minimum Gasteiger partial charge on any atom is -0.395 e. The van der Waals surface area contributed by atoms with E-state index in [1.165, 1.54) is 0 Å². The first-order valence-corrected chi connectivity index (χ1v) is 10.6. The summed E-state index contributed by atoms with van der Waals surface area (Å²) in [5.41, 5.74) is 4.92. The Bertz CT molecular complexity index is 269. The molecule has 1 amide bonds. The van der Waals surface area contributed by atoms with Gasteiger partial charge >= 0.3 is 8.56 Å². The average Bonchev–Trinajstić information content (AvgIpc) is 2.28. The van der Waals surface area contributed by atoms with Crippen LogP contribution in [-0.4, -0.2) is 39.2 Å². The Morgan fingerprint density at radius 3 is 2.21 bits per heavy atom. The fraction of sp³-hybridized carbons (Fsp3) is 0.923. The number of hydrogen-bond donors (Lipinski definition) is 1. The minimum absolute atomic E-state index is 0.233. The maximum Gasteiger partial charge on any atom is 0.334 e. The molecule has 0 aromatic heterocycles. The zero-order valence-electron chi connectivity index (χ0n) is 13.0. The fourth-order valence-corrected chi connectivity index (χ4v) is 5.50. The smallest absolute Gasteiger partial charge is 0.334 e. The molecule has 0 aliphatic carbocycles. The summed E-state index contributed by atoms with van der Waals surface area (Å²) in [7, 11) is -1.97. The summed E-state index contributed by atoms with van der Waals surface area (Å²) in [6.45, 7) is 11.3. The van der Waals surface area contributed by atoms with Gasteiger partial charge in [0.25, 0.3) is 0 Å². The third-order valence-electron chi connectivity index (χ3n) is 2.95. The van der Waals surface area contributed by atoms with E-state index in [-0.39, 0.29) is 5.91 Å². The highest BCUT2D eigenvalue weighted by Gasteiger charge is 2.30. The third-order valence-corrected chi connectivity index (χ3v) is 7.51. The van der Waals surface area contributed by atoms with E-state index >= 15 is 0 Å². The van der Waals surface area contributed by atoms with Crippen molar-refractivity contribution in [1.29, 1.82) is 0 Å². The standard InChI is InChI=1S/C13H29NO3SSi/c1-6-16-19(5,17-7-2)10-8-9-18-11-13(3,4)12(14)15/h6-11H2,1-5H3,(H2,14,15). The Hall–Kier alpha value is -0.0431. The van der Waals surface area contributed by atoms with Gasteiger partial charge in [-0.15, -0.1) is 0 Å². The molecule has 0 aliphatic heterocycles. The second-order valence-electron chi connectivity index (χ2n) is 5.40. The number of hydrogen-bond acceptors (Lipinski definition) is 4. The molecule has 0 aliphatic rings. The van der Waals surface area contributed by atoms with Crippen LogP contribution >= 0.6 is 11.8 Å². The van der Waals surface area contributed by atoms with Gasteiger partial charge in [0.1, 0.15) is 0 Å². The molecule has 114 valence electrons. The Kier molecular flexibility index (Phi) is 8.98. The van der Waals surface area contributed by atoms with Crippen LogP contribution < -0.4 is 5.73 Å². The lowest BCUT2D eigenvalue weighted by Gasteiger charge is -2.26. The summed E-state index contributed by atoms with van der Waals surface area (Å²) in [6.07, 6.45) is 1.06. The van der Waals surface area contributed by atoms with E-state index in [0.29, 0.717) is 13.2 Å². The Labute approximate surface area is 123 Å². The van der Waals surface area contributed by atoms with Crippen LogP contribution in [0.4, 0.5) is 0 Å². The number of rotatable bonds is 11. The lowest BCUT2D eigenvalue weighted by molar-refractivity contribution is -0.124. The van der Waals surface area contributed by atoms with Gasteiger partial charge in [0, 0.05) is 19.0 Å². The predicted molar refractivity (Wildman–Crippen MR) is 84.6 cm³/mol. The summed E-state index contributed by atoms with van der Waals surface area (Å²) in [5, 5.41) is 0. The first-order chi connectivity index (χ1) is 8.77. The maximum atomic E-state index is 11.2. The average molecular weight is 308 g/mol. The zero-order valence-corrected chi connectivity index (χ0v) is 14.8. The van der Waals surface area contributed by atoms with Gasteiger partial charge in [-0.2, -0.15) is 11.8 Å². The number of amides is 1. The molecule has 2 N–H and O–H groups in total. The lowest BCUT2D eigenvalue weighted by Crippen LogP contribution is -2.38. The monoisotopic (exact) mass is 307 g/mol. The summed E-state index contributed by atoms with van der Waals surface area (Å²) < 4.78 is 11.6. The van der Waals surface area contributed by atoms with Crippen molar-refractivity contribution in [2.75, 3.05) is 24.7 Å². The van der Waals surface area contributed by atoms with Crippen LogP contribution in [0.2, 0.25) is 12.6 Å². The molecule has 0 aromatic carbocycles. The molecular weight excluding hydrogens is 278 g/mol. The fourth-order valence-electron chi connectivity index (χ4n) is 1.69. The van der Waals surface area contributed by atoms with Gasteiger partial charge in [-0.3, -0.25) is 4.79 Å². The molecule has 6 heteroatoms. The van der Waals surface area contributed by atoms with Crippen molar-refractivity contribution in [2.45, 2.75) is 46.7 Å². The first-order valence-electron chi connectivity index (χ1n) is 6.93. The van der Waals surface area contributed by atoms with Gasteiger partial charge in [-0.25, -0.2) is 0 Å². The van der Waals surface area contributed by atoms with E-state index < -0.39 is 14.0 Å². The molecule has 0 aromatic rings. The Morgan fingerprint density at radius 2 is 1.79 bits per heavy atom. The molecule has 0 saturated carbocycles. The quantitative estimate of drug-likeness (QED) is 0.471. The predicted octanol–water partition coefficient (Wildman–Crippen LogP) is 2.77. The molecule has 0 fully saturated rings. The van der Waals surface area contributed by atoms with E-state index in [1.807, 2.05) is 27.7 Å². The third kappa shape index (κ3) is 7.97. The molecule has 0 rings (SSSR count). The highest BCUT2D eigenvalue weighted by molar-refractivity contribution is 7.99. The molecule has 19 heavy (non-hydrogen) atoms. The van der Waals surface area contributed by atoms with Gasteiger partial charge in [0.2, 0.25) is 5.91 Å². The number of carbonyl (C=O) groups is 1. The van der Waals surface area contributed by atoms with E-state index in [9.17, 15) is 4.79 Å². The Balaban J connectivity index is 3.92. The highest BCUT2D eigenvalue weighted by Crippen LogP contribution is 2.23. The van der Waals surface area contributed by atoms with Crippen molar-refractivity contribution in [1.82, 2.24) is 0 Å². The number of thioether (sulfide) groups is 1. The van der Waals surface area contributed by atoms with Crippen LogP contribution in [0, 0.1) is 5.41 Å². The topological polar surface area (TPSA) is 61.5 Å². The molecule has 0 spiro atoms. The molecular formula is C13H29NO3SSi. The lowest BCUT2D eigenvalue weighted by atomic mass is 9.96. The number of primary amides is 1. The van der Waals surface area contributed by atoms with Crippen LogP contribution in [-0.2, 0) is 13.6 Å². The molecule has 4 nitrogen and oxygen atoms in total. The van der Waals surface area contributed by atoms with E-state index in [0.717, 1.165) is 24.0 Å². The number of nitrogens with two attached hydrogens (primary N) is 1. The van der Waals surface area contributed by atoms with Gasteiger partial charge in [0.05, 0.1) is 5.41 Å². The second kappa shape index (κ2) is 9.00. The van der Waals surface area contributed by atoms with Crippen molar-refractivity contribution < 1.29 is 13.6 Å². The van der Waals surface area contributed by atoms with E-state index in [1.54, 1.807) is 11.8 Å². The van der Waals surface area contributed by atoms with E-state index in [2.05, 4.69) is 6.55 Å².